The second kappa shape index (κ2) is 8.60. The summed E-state index contributed by atoms with van der Waals surface area (Å²) in [7, 11) is -2.63. The van der Waals surface area contributed by atoms with Crippen molar-refractivity contribution >= 4 is 27.6 Å². The molecule has 8 heteroatoms. The summed E-state index contributed by atoms with van der Waals surface area (Å²) in [4.78, 5) is 12.1. The lowest BCUT2D eigenvalue weighted by Gasteiger charge is -2.22. The van der Waals surface area contributed by atoms with E-state index in [1.807, 2.05) is 0 Å². The van der Waals surface area contributed by atoms with Gasteiger partial charge in [0.15, 0.2) is 0 Å². The van der Waals surface area contributed by atoms with Gasteiger partial charge < -0.3 is 9.15 Å². The van der Waals surface area contributed by atoms with Gasteiger partial charge in [-0.25, -0.2) is 13.2 Å². The normalized spacial score (nSPS) is 11.5. The number of carbonyl (C=O) groups excluding carboxylic acids is 1. The molecule has 6 nitrogen and oxygen atoms in total. The summed E-state index contributed by atoms with van der Waals surface area (Å²) in [6, 6.07) is 16.5. The van der Waals surface area contributed by atoms with Crippen molar-refractivity contribution in [1.29, 1.82) is 0 Å². The number of ether oxygens (including phenoxy) is 1. The molecular weight excluding hydrogens is 402 g/mol. The van der Waals surface area contributed by atoms with Crippen molar-refractivity contribution in [2.45, 2.75) is 18.0 Å². The Hall–Kier alpha value is -2.61. The van der Waals surface area contributed by atoms with Crippen molar-refractivity contribution in [3.05, 3.63) is 88.8 Å². The lowest BCUT2D eigenvalue weighted by atomic mass is 10.2. The van der Waals surface area contributed by atoms with Gasteiger partial charge in [0.05, 0.1) is 24.8 Å². The third-order valence-corrected chi connectivity index (χ3v) is 6.33. The van der Waals surface area contributed by atoms with Gasteiger partial charge in [0, 0.05) is 11.6 Å². The summed E-state index contributed by atoms with van der Waals surface area (Å²) in [5.41, 5.74) is 0.810. The zero-order valence-electron chi connectivity index (χ0n) is 15.0. The summed E-state index contributed by atoms with van der Waals surface area (Å²) < 4.78 is 37.8. The van der Waals surface area contributed by atoms with Gasteiger partial charge in [-0.1, -0.05) is 48.0 Å². The third kappa shape index (κ3) is 4.27. The van der Waals surface area contributed by atoms with E-state index in [1.54, 1.807) is 42.5 Å². The number of carbonyl (C=O) groups is 1. The maximum absolute atomic E-state index is 13.2. The average molecular weight is 420 g/mol. The van der Waals surface area contributed by atoms with Crippen molar-refractivity contribution in [2.75, 3.05) is 7.11 Å². The van der Waals surface area contributed by atoms with Crippen LogP contribution in [0.2, 0.25) is 5.02 Å². The van der Waals surface area contributed by atoms with Crippen LogP contribution in [0.15, 0.2) is 76.2 Å². The van der Waals surface area contributed by atoms with E-state index < -0.39 is 16.0 Å². The Morgan fingerprint density at radius 2 is 1.71 bits per heavy atom. The molecule has 0 atom stereocenters. The minimum atomic E-state index is -3.88. The number of methoxy groups -OCH3 is 1. The van der Waals surface area contributed by atoms with Crippen molar-refractivity contribution < 1.29 is 22.4 Å². The molecule has 0 saturated heterocycles. The molecule has 28 heavy (non-hydrogen) atoms. The van der Waals surface area contributed by atoms with Crippen LogP contribution in [0.4, 0.5) is 0 Å². The Balaban J connectivity index is 2.01. The second-order valence-electron chi connectivity index (χ2n) is 5.93. The summed E-state index contributed by atoms with van der Waals surface area (Å²) in [5.74, 6) is -0.406. The van der Waals surface area contributed by atoms with Gasteiger partial charge in [0.25, 0.3) is 0 Å². The molecule has 0 aliphatic heterocycles. The zero-order chi connectivity index (χ0) is 20.1. The fourth-order valence-corrected chi connectivity index (χ4v) is 4.29. The van der Waals surface area contributed by atoms with Crippen molar-refractivity contribution in [3.8, 4) is 0 Å². The molecule has 2 aromatic carbocycles. The molecule has 0 aliphatic carbocycles. The molecule has 146 valence electrons. The monoisotopic (exact) mass is 419 g/mol. The Morgan fingerprint density at radius 3 is 2.39 bits per heavy atom. The predicted molar refractivity (Wildman–Crippen MR) is 104 cm³/mol. The molecule has 0 N–H and O–H groups in total. The van der Waals surface area contributed by atoms with E-state index in [4.69, 9.17) is 20.8 Å². The van der Waals surface area contributed by atoms with Crippen LogP contribution >= 0.6 is 11.6 Å². The third-order valence-electron chi connectivity index (χ3n) is 4.16. The molecule has 0 aliphatic rings. The number of esters is 1. The smallest absolute Gasteiger partial charge is 0.341 e. The van der Waals surface area contributed by atoms with Crippen LogP contribution in [0.25, 0.3) is 0 Å². The van der Waals surface area contributed by atoms with Gasteiger partial charge in [-0.2, -0.15) is 4.31 Å². The Labute approximate surface area is 168 Å². The van der Waals surface area contributed by atoms with E-state index in [0.29, 0.717) is 10.6 Å². The molecular formula is C20H18ClNO5S. The fraction of sp³-hybridized carbons (Fsp3) is 0.150. The van der Waals surface area contributed by atoms with E-state index in [1.165, 1.54) is 35.9 Å². The average Bonchev–Trinajstić information content (AvgIpc) is 3.17. The zero-order valence-corrected chi connectivity index (χ0v) is 16.6. The summed E-state index contributed by atoms with van der Waals surface area (Å²) >= 11 is 6.23. The first-order valence-electron chi connectivity index (χ1n) is 8.36. The lowest BCUT2D eigenvalue weighted by Crippen LogP contribution is -2.30. The molecule has 0 fully saturated rings. The van der Waals surface area contributed by atoms with Crippen molar-refractivity contribution in [1.82, 2.24) is 4.31 Å². The number of hydrogen-bond acceptors (Lipinski definition) is 5. The minimum absolute atomic E-state index is 0.0121. The van der Waals surface area contributed by atoms with E-state index in [2.05, 4.69) is 0 Å². The number of furan rings is 1. The predicted octanol–water partition coefficient (Wildman–Crippen LogP) is 4.11. The number of sulfonamides is 1. The molecule has 0 bridgehead atoms. The van der Waals surface area contributed by atoms with E-state index in [0.717, 1.165) is 0 Å². The quantitative estimate of drug-likeness (QED) is 0.538. The fourth-order valence-electron chi connectivity index (χ4n) is 2.70. The molecule has 0 unspecified atom stereocenters. The molecule has 0 amide bonds. The first-order valence-corrected chi connectivity index (χ1v) is 10.2. The van der Waals surface area contributed by atoms with E-state index >= 15 is 0 Å². The van der Waals surface area contributed by atoms with Crippen molar-refractivity contribution in [2.24, 2.45) is 0 Å². The summed E-state index contributed by atoms with van der Waals surface area (Å²) in [6.45, 7) is -0.141. The topological polar surface area (TPSA) is 76.8 Å². The van der Waals surface area contributed by atoms with Crippen molar-refractivity contribution in [3.63, 3.8) is 0 Å². The highest BCUT2D eigenvalue weighted by Gasteiger charge is 2.28. The van der Waals surface area contributed by atoms with Crippen LogP contribution in [0.1, 0.15) is 21.7 Å². The first kappa shape index (κ1) is 20.1. The van der Waals surface area contributed by atoms with Gasteiger partial charge in [-0.05, 0) is 29.8 Å². The SMILES string of the molecule is COC(=O)c1ccoc1CN(Cc1ccccc1Cl)S(=O)(=O)c1ccccc1. The number of benzene rings is 2. The Kier molecular flexibility index (Phi) is 6.18. The highest BCUT2D eigenvalue weighted by atomic mass is 35.5. The van der Waals surface area contributed by atoms with Crippen LogP contribution in [0.5, 0.6) is 0 Å². The van der Waals surface area contributed by atoms with Gasteiger partial charge in [0.1, 0.15) is 11.3 Å². The van der Waals surface area contributed by atoms with Gasteiger partial charge >= 0.3 is 5.97 Å². The second-order valence-corrected chi connectivity index (χ2v) is 8.27. The maximum atomic E-state index is 13.2. The molecule has 0 saturated carbocycles. The summed E-state index contributed by atoms with van der Waals surface area (Å²) in [6.07, 6.45) is 1.32. The Morgan fingerprint density at radius 1 is 1.04 bits per heavy atom. The van der Waals surface area contributed by atoms with Crippen LogP contribution < -0.4 is 0 Å². The van der Waals surface area contributed by atoms with Gasteiger partial charge in [-0.15, -0.1) is 0 Å². The lowest BCUT2D eigenvalue weighted by molar-refractivity contribution is 0.0597. The highest BCUT2D eigenvalue weighted by molar-refractivity contribution is 7.89. The van der Waals surface area contributed by atoms with Crippen LogP contribution in [-0.4, -0.2) is 25.8 Å². The standard InChI is InChI=1S/C20H18ClNO5S/c1-26-20(23)17-11-12-27-19(17)14-22(13-15-7-5-6-10-18(15)21)28(24,25)16-8-3-2-4-9-16/h2-12H,13-14H2,1H3. The van der Waals surface area contributed by atoms with Crippen LogP contribution in [0.3, 0.4) is 0 Å². The molecule has 1 aromatic heterocycles. The molecule has 1 heterocycles. The number of nitrogens with zero attached hydrogens (tertiary/aromatic N) is 1. The highest BCUT2D eigenvalue weighted by Crippen LogP contribution is 2.25. The first-order chi connectivity index (χ1) is 13.4. The molecule has 3 aromatic rings. The van der Waals surface area contributed by atoms with E-state index in [9.17, 15) is 13.2 Å². The van der Waals surface area contributed by atoms with Crippen LogP contribution in [0, 0.1) is 0 Å². The molecule has 0 spiro atoms. The van der Waals surface area contributed by atoms with E-state index in [-0.39, 0.29) is 29.3 Å². The number of halogens is 1. The number of hydrogen-bond donors (Lipinski definition) is 0. The number of rotatable bonds is 7. The van der Waals surface area contributed by atoms with Gasteiger partial charge in [0.2, 0.25) is 10.0 Å². The largest absolute Gasteiger partial charge is 0.467 e. The summed E-state index contributed by atoms with van der Waals surface area (Å²) in [5, 5.41) is 0.448. The minimum Gasteiger partial charge on any atom is -0.467 e. The molecule has 0 radical (unpaired) electrons. The van der Waals surface area contributed by atoms with Crippen LogP contribution in [-0.2, 0) is 27.8 Å². The molecule has 3 rings (SSSR count). The van der Waals surface area contributed by atoms with Gasteiger partial charge in [-0.3, -0.25) is 0 Å². The maximum Gasteiger partial charge on any atom is 0.341 e. The Bertz CT molecular complexity index is 1060.